The Morgan fingerprint density at radius 2 is 2.00 bits per heavy atom. The highest BCUT2D eigenvalue weighted by molar-refractivity contribution is 6.06. The lowest BCUT2D eigenvalue weighted by Gasteiger charge is -2.19. The third-order valence-corrected chi connectivity index (χ3v) is 3.65. The fourth-order valence-electron chi connectivity index (χ4n) is 2.46. The van der Waals surface area contributed by atoms with Crippen molar-refractivity contribution < 1.29 is 14.0 Å². The molecule has 24 heavy (non-hydrogen) atoms. The number of aromatic nitrogens is 1. The van der Waals surface area contributed by atoms with Crippen molar-refractivity contribution in [3.05, 3.63) is 59.7 Å². The van der Waals surface area contributed by atoms with Gasteiger partial charge in [0.1, 0.15) is 5.69 Å². The summed E-state index contributed by atoms with van der Waals surface area (Å²) >= 11 is 0. The number of nitrogens with zero attached hydrogens (tertiary/aromatic N) is 2. The van der Waals surface area contributed by atoms with Crippen LogP contribution in [-0.4, -0.2) is 22.5 Å². The van der Waals surface area contributed by atoms with Crippen molar-refractivity contribution in [1.82, 2.24) is 10.4 Å². The second-order valence-corrected chi connectivity index (χ2v) is 5.51. The highest BCUT2D eigenvalue weighted by Crippen LogP contribution is 2.18. The van der Waals surface area contributed by atoms with Crippen molar-refractivity contribution in [2.24, 2.45) is 11.0 Å². The van der Waals surface area contributed by atoms with Crippen molar-refractivity contribution in [3.63, 3.8) is 0 Å². The summed E-state index contributed by atoms with van der Waals surface area (Å²) in [4.78, 5) is 26.9. The Morgan fingerprint density at radius 3 is 2.67 bits per heavy atom. The molecule has 2 N–H and O–H groups in total. The maximum Gasteiger partial charge on any atom is 0.274 e. The molecule has 1 atom stereocenters. The number of benzene rings is 1. The monoisotopic (exact) mass is 326 g/mol. The van der Waals surface area contributed by atoms with E-state index in [0.29, 0.717) is 12.1 Å². The van der Waals surface area contributed by atoms with E-state index in [1.54, 1.807) is 24.3 Å². The fourth-order valence-corrected chi connectivity index (χ4v) is 2.46. The van der Waals surface area contributed by atoms with E-state index in [-0.39, 0.29) is 17.5 Å². The van der Waals surface area contributed by atoms with Crippen LogP contribution in [0.5, 0.6) is 0 Å². The van der Waals surface area contributed by atoms with Crippen LogP contribution in [-0.2, 0) is 4.79 Å². The Labute approximate surface area is 137 Å². The standard InChI is InChI=1S/C17H15FN4O2/c1-10-9-15(23)21-22-16(10)11-5-7-12(8-6-11)19-17(24)13-3-2-4-14(18)20-13/h2-8,10H,9H2,1H3,(H,19,24)(H,21,23). The van der Waals surface area contributed by atoms with E-state index in [0.717, 1.165) is 11.3 Å². The molecular formula is C17H15FN4O2. The molecule has 7 heteroatoms. The summed E-state index contributed by atoms with van der Waals surface area (Å²) in [7, 11) is 0. The molecule has 0 aliphatic carbocycles. The van der Waals surface area contributed by atoms with Gasteiger partial charge in [-0.15, -0.1) is 0 Å². The summed E-state index contributed by atoms with van der Waals surface area (Å²) in [5.74, 6) is -1.27. The first-order chi connectivity index (χ1) is 11.5. The van der Waals surface area contributed by atoms with E-state index >= 15 is 0 Å². The van der Waals surface area contributed by atoms with Crippen LogP contribution in [0.4, 0.5) is 10.1 Å². The molecule has 1 unspecified atom stereocenters. The Morgan fingerprint density at radius 1 is 1.25 bits per heavy atom. The van der Waals surface area contributed by atoms with Crippen molar-refractivity contribution in [1.29, 1.82) is 0 Å². The van der Waals surface area contributed by atoms with E-state index in [1.807, 2.05) is 6.92 Å². The number of carbonyl (C=O) groups excluding carboxylic acids is 2. The molecule has 0 bridgehead atoms. The molecule has 3 rings (SSSR count). The molecular weight excluding hydrogens is 311 g/mol. The number of pyridine rings is 1. The minimum absolute atomic E-state index is 0.00654. The predicted molar refractivity (Wildman–Crippen MR) is 87.1 cm³/mol. The molecule has 2 aromatic rings. The molecule has 1 aromatic carbocycles. The summed E-state index contributed by atoms with van der Waals surface area (Å²) in [5.41, 5.74) is 4.69. The first-order valence-electron chi connectivity index (χ1n) is 7.43. The first kappa shape index (κ1) is 15.8. The van der Waals surface area contributed by atoms with Gasteiger partial charge in [-0.3, -0.25) is 9.59 Å². The second-order valence-electron chi connectivity index (χ2n) is 5.51. The molecule has 122 valence electrons. The number of hydrazone groups is 1. The molecule has 1 aromatic heterocycles. The number of carbonyl (C=O) groups is 2. The fraction of sp³-hybridized carbons (Fsp3) is 0.176. The predicted octanol–water partition coefficient (Wildman–Crippen LogP) is 2.33. The number of anilines is 1. The molecule has 0 spiro atoms. The molecule has 1 aliphatic rings. The Balaban J connectivity index is 1.73. The lowest BCUT2D eigenvalue weighted by atomic mass is 9.94. The van der Waals surface area contributed by atoms with Gasteiger partial charge in [0.25, 0.3) is 5.91 Å². The smallest absolute Gasteiger partial charge is 0.274 e. The summed E-state index contributed by atoms with van der Waals surface area (Å²) < 4.78 is 13.1. The average molecular weight is 326 g/mol. The van der Waals surface area contributed by atoms with Gasteiger partial charge >= 0.3 is 0 Å². The molecule has 0 saturated carbocycles. The van der Waals surface area contributed by atoms with Gasteiger partial charge in [0.05, 0.1) is 5.71 Å². The van der Waals surface area contributed by atoms with Crippen LogP contribution in [0.2, 0.25) is 0 Å². The van der Waals surface area contributed by atoms with Crippen LogP contribution in [0.25, 0.3) is 0 Å². The molecule has 1 aliphatic heterocycles. The minimum atomic E-state index is -0.704. The topological polar surface area (TPSA) is 83.5 Å². The van der Waals surface area contributed by atoms with Crippen LogP contribution in [0.15, 0.2) is 47.6 Å². The van der Waals surface area contributed by atoms with Crippen LogP contribution < -0.4 is 10.7 Å². The average Bonchev–Trinajstić information content (AvgIpc) is 2.56. The quantitative estimate of drug-likeness (QED) is 0.849. The van der Waals surface area contributed by atoms with Gasteiger partial charge in [-0.25, -0.2) is 10.4 Å². The number of rotatable bonds is 3. The van der Waals surface area contributed by atoms with Gasteiger partial charge in [0, 0.05) is 18.0 Å². The van der Waals surface area contributed by atoms with Crippen LogP contribution in [0.3, 0.4) is 0 Å². The molecule has 0 fully saturated rings. The molecule has 2 amide bonds. The third kappa shape index (κ3) is 3.45. The number of hydrogen-bond donors (Lipinski definition) is 2. The summed E-state index contributed by atoms with van der Waals surface area (Å²) in [6.45, 7) is 1.93. The van der Waals surface area contributed by atoms with Gasteiger partial charge in [-0.2, -0.15) is 9.49 Å². The second kappa shape index (κ2) is 6.57. The SMILES string of the molecule is CC1CC(=O)NN=C1c1ccc(NC(=O)c2cccc(F)n2)cc1. The number of halogens is 1. The third-order valence-electron chi connectivity index (χ3n) is 3.65. The van der Waals surface area contributed by atoms with E-state index in [9.17, 15) is 14.0 Å². The largest absolute Gasteiger partial charge is 0.321 e. The lowest BCUT2D eigenvalue weighted by molar-refractivity contribution is -0.121. The van der Waals surface area contributed by atoms with E-state index in [2.05, 4.69) is 20.8 Å². The Kier molecular flexibility index (Phi) is 4.33. The summed E-state index contributed by atoms with van der Waals surface area (Å²) in [5, 5.41) is 6.74. The number of amides is 2. The zero-order valence-corrected chi connectivity index (χ0v) is 12.9. The summed E-state index contributed by atoms with van der Waals surface area (Å²) in [6.07, 6.45) is 0.391. The van der Waals surface area contributed by atoms with Crippen molar-refractivity contribution in [2.45, 2.75) is 13.3 Å². The molecule has 0 radical (unpaired) electrons. The normalized spacial score (nSPS) is 17.0. The van der Waals surface area contributed by atoms with E-state index < -0.39 is 11.9 Å². The highest BCUT2D eigenvalue weighted by Gasteiger charge is 2.21. The highest BCUT2D eigenvalue weighted by atomic mass is 19.1. The number of nitrogens with one attached hydrogen (secondary N) is 2. The van der Waals surface area contributed by atoms with Gasteiger partial charge in [-0.1, -0.05) is 25.1 Å². The van der Waals surface area contributed by atoms with Crippen molar-refractivity contribution in [2.75, 3.05) is 5.32 Å². The zero-order valence-electron chi connectivity index (χ0n) is 12.9. The lowest BCUT2D eigenvalue weighted by Crippen LogP contribution is -2.31. The van der Waals surface area contributed by atoms with Gasteiger partial charge in [0.15, 0.2) is 0 Å². The Hall–Kier alpha value is -3.09. The number of hydrogen-bond acceptors (Lipinski definition) is 4. The van der Waals surface area contributed by atoms with E-state index in [1.165, 1.54) is 18.2 Å². The maximum absolute atomic E-state index is 13.1. The van der Waals surface area contributed by atoms with Crippen LogP contribution in [0.1, 0.15) is 29.4 Å². The minimum Gasteiger partial charge on any atom is -0.321 e. The summed E-state index contributed by atoms with van der Waals surface area (Å²) in [6, 6.07) is 11.1. The Bertz CT molecular complexity index is 818. The van der Waals surface area contributed by atoms with Gasteiger partial charge < -0.3 is 5.32 Å². The van der Waals surface area contributed by atoms with Crippen molar-refractivity contribution in [3.8, 4) is 0 Å². The maximum atomic E-state index is 13.1. The van der Waals surface area contributed by atoms with Gasteiger partial charge in [0.2, 0.25) is 11.9 Å². The van der Waals surface area contributed by atoms with Crippen LogP contribution in [0, 0.1) is 11.9 Å². The van der Waals surface area contributed by atoms with Gasteiger partial charge in [-0.05, 0) is 29.8 Å². The van der Waals surface area contributed by atoms with Crippen molar-refractivity contribution >= 4 is 23.2 Å². The van der Waals surface area contributed by atoms with Crippen LogP contribution >= 0.6 is 0 Å². The molecule has 0 saturated heterocycles. The molecule has 6 nitrogen and oxygen atoms in total. The first-order valence-corrected chi connectivity index (χ1v) is 7.43. The van der Waals surface area contributed by atoms with E-state index in [4.69, 9.17) is 0 Å². The molecule has 2 heterocycles. The zero-order chi connectivity index (χ0) is 17.1.